The summed E-state index contributed by atoms with van der Waals surface area (Å²) >= 11 is 2.87. The number of carbonyl (C=O) groups is 1. The quantitative estimate of drug-likeness (QED) is 0.272. The Morgan fingerprint density at radius 3 is 2.70 bits per heavy atom. The van der Waals surface area contributed by atoms with E-state index in [1.165, 1.54) is 11.3 Å². The van der Waals surface area contributed by atoms with Crippen molar-refractivity contribution >= 4 is 34.7 Å². The van der Waals surface area contributed by atoms with Gasteiger partial charge in [-0.05, 0) is 62.4 Å². The molecule has 0 radical (unpaired) electrons. The number of rotatable bonds is 10. The van der Waals surface area contributed by atoms with Gasteiger partial charge < -0.3 is 14.2 Å². The molecule has 37 heavy (non-hydrogen) atoms. The molecule has 3 heterocycles. The first-order valence-electron chi connectivity index (χ1n) is 12.4. The first-order chi connectivity index (χ1) is 17.8. The zero-order valence-electron chi connectivity index (χ0n) is 21.8. The highest BCUT2D eigenvalue weighted by atomic mass is 32.1. The molecular formula is C28H32N2O5S2. The van der Waals surface area contributed by atoms with Crippen LogP contribution in [0.3, 0.4) is 0 Å². The number of esters is 1. The zero-order chi connectivity index (χ0) is 26.5. The average Bonchev–Trinajstić information content (AvgIpc) is 3.48. The standard InChI is InChI=1S/C28H32N2O5S2/c1-6-7-8-13-34-21-12-11-19(15-22(21)33-5)25-24(27(32)35-17(2)3)18(4)29-28-30(25)26(31)23(37-28)16-20-10-9-14-36-20/h9-12,14-17,25H,6-8,13H2,1-5H3/b23-16-. The number of carbonyl (C=O) groups excluding carboxylic acids is 1. The summed E-state index contributed by atoms with van der Waals surface area (Å²) in [5.41, 5.74) is 1.37. The number of hydrogen-bond acceptors (Lipinski definition) is 8. The maximum atomic E-state index is 13.7. The Bertz CT molecular complexity index is 1460. The number of hydrogen-bond donors (Lipinski definition) is 0. The lowest BCUT2D eigenvalue weighted by Gasteiger charge is -2.26. The van der Waals surface area contributed by atoms with E-state index in [4.69, 9.17) is 14.2 Å². The SMILES string of the molecule is CCCCCOc1ccc(C2C(C(=O)OC(C)C)=C(C)N=c3s/c(=C\c4cccs4)c(=O)n32)cc1OC. The third-order valence-electron chi connectivity index (χ3n) is 5.91. The van der Waals surface area contributed by atoms with Crippen LogP contribution >= 0.6 is 22.7 Å². The Hall–Kier alpha value is -3.17. The van der Waals surface area contributed by atoms with Gasteiger partial charge in [0, 0.05) is 4.88 Å². The number of unbranched alkanes of at least 4 members (excludes halogenated alkanes) is 2. The van der Waals surface area contributed by atoms with Gasteiger partial charge in [0.15, 0.2) is 16.3 Å². The Morgan fingerprint density at radius 1 is 1.22 bits per heavy atom. The lowest BCUT2D eigenvalue weighted by Crippen LogP contribution is -2.40. The summed E-state index contributed by atoms with van der Waals surface area (Å²) in [6.07, 6.45) is 4.70. The number of fused-ring (bicyclic) bond motifs is 1. The second kappa shape index (κ2) is 11.9. The number of nitrogens with zero attached hydrogens (tertiary/aromatic N) is 2. The van der Waals surface area contributed by atoms with Crippen LogP contribution in [-0.4, -0.2) is 30.4 Å². The number of ether oxygens (including phenoxy) is 3. The zero-order valence-corrected chi connectivity index (χ0v) is 23.4. The van der Waals surface area contributed by atoms with Crippen molar-refractivity contribution < 1.29 is 19.0 Å². The molecule has 0 bridgehead atoms. The molecule has 0 fully saturated rings. The first kappa shape index (κ1) is 26.9. The van der Waals surface area contributed by atoms with E-state index in [0.29, 0.717) is 44.3 Å². The minimum absolute atomic E-state index is 0.205. The molecule has 0 amide bonds. The van der Waals surface area contributed by atoms with E-state index in [9.17, 15) is 9.59 Å². The van der Waals surface area contributed by atoms with Crippen molar-refractivity contribution in [1.82, 2.24) is 4.57 Å². The Kier molecular flexibility index (Phi) is 8.66. The van der Waals surface area contributed by atoms with Crippen molar-refractivity contribution in [2.75, 3.05) is 13.7 Å². The second-order valence-electron chi connectivity index (χ2n) is 9.02. The minimum atomic E-state index is -0.712. The van der Waals surface area contributed by atoms with Gasteiger partial charge in [0.1, 0.15) is 0 Å². The van der Waals surface area contributed by atoms with Crippen molar-refractivity contribution in [1.29, 1.82) is 0 Å². The summed E-state index contributed by atoms with van der Waals surface area (Å²) in [5.74, 6) is 0.674. The van der Waals surface area contributed by atoms with Crippen LogP contribution in [0.1, 0.15) is 63.4 Å². The maximum Gasteiger partial charge on any atom is 0.338 e. The normalized spacial score (nSPS) is 15.5. The van der Waals surface area contributed by atoms with Crippen molar-refractivity contribution in [3.8, 4) is 11.5 Å². The predicted octanol–water partition coefficient (Wildman–Crippen LogP) is 4.83. The maximum absolute atomic E-state index is 13.7. The molecule has 0 spiro atoms. The van der Waals surface area contributed by atoms with Gasteiger partial charge in [-0.1, -0.05) is 43.2 Å². The number of thiazole rings is 1. The highest BCUT2D eigenvalue weighted by molar-refractivity contribution is 7.11. The topological polar surface area (TPSA) is 79.1 Å². The molecule has 1 unspecified atom stereocenters. The van der Waals surface area contributed by atoms with Crippen LogP contribution in [0.5, 0.6) is 11.5 Å². The second-order valence-corrected chi connectivity index (χ2v) is 11.0. The Labute approximate surface area is 224 Å². The van der Waals surface area contributed by atoms with Crippen LogP contribution < -0.4 is 24.4 Å². The molecule has 0 N–H and O–H groups in total. The number of methoxy groups -OCH3 is 1. The van der Waals surface area contributed by atoms with Crippen molar-refractivity contribution in [3.05, 3.63) is 77.1 Å². The van der Waals surface area contributed by atoms with E-state index in [0.717, 1.165) is 24.1 Å². The number of benzene rings is 1. The van der Waals surface area contributed by atoms with Gasteiger partial charge in [0.2, 0.25) is 0 Å². The summed E-state index contributed by atoms with van der Waals surface area (Å²) in [7, 11) is 1.58. The minimum Gasteiger partial charge on any atom is -0.493 e. The van der Waals surface area contributed by atoms with Gasteiger partial charge in [-0.2, -0.15) is 0 Å². The van der Waals surface area contributed by atoms with Crippen molar-refractivity contribution in [2.45, 2.75) is 59.1 Å². The van der Waals surface area contributed by atoms with Crippen molar-refractivity contribution in [3.63, 3.8) is 0 Å². The van der Waals surface area contributed by atoms with Crippen LogP contribution in [0.2, 0.25) is 0 Å². The van der Waals surface area contributed by atoms with Crippen LogP contribution in [0.25, 0.3) is 6.08 Å². The van der Waals surface area contributed by atoms with Gasteiger partial charge >= 0.3 is 5.97 Å². The molecule has 9 heteroatoms. The molecule has 3 aromatic rings. The highest BCUT2D eigenvalue weighted by Crippen LogP contribution is 2.36. The fourth-order valence-electron chi connectivity index (χ4n) is 4.19. The summed E-state index contributed by atoms with van der Waals surface area (Å²) < 4.78 is 19.3. The summed E-state index contributed by atoms with van der Waals surface area (Å²) in [4.78, 5) is 33.2. The average molecular weight is 541 g/mol. The molecule has 1 aliphatic heterocycles. The largest absolute Gasteiger partial charge is 0.493 e. The van der Waals surface area contributed by atoms with Crippen LogP contribution in [0, 0.1) is 0 Å². The molecule has 0 saturated heterocycles. The molecule has 0 saturated carbocycles. The third-order valence-corrected chi connectivity index (χ3v) is 7.71. The molecule has 196 valence electrons. The number of thiophene rings is 1. The van der Waals surface area contributed by atoms with E-state index in [1.54, 1.807) is 43.8 Å². The Balaban J connectivity index is 1.85. The van der Waals surface area contributed by atoms with Gasteiger partial charge in [0.25, 0.3) is 5.56 Å². The fourth-order valence-corrected chi connectivity index (χ4v) is 5.96. The number of aromatic nitrogens is 1. The molecule has 1 atom stereocenters. The van der Waals surface area contributed by atoms with Gasteiger partial charge in [-0.15, -0.1) is 11.3 Å². The lowest BCUT2D eigenvalue weighted by atomic mass is 9.95. The molecule has 2 aromatic heterocycles. The molecule has 0 aliphatic carbocycles. The highest BCUT2D eigenvalue weighted by Gasteiger charge is 2.34. The molecule has 1 aliphatic rings. The molecular weight excluding hydrogens is 508 g/mol. The van der Waals surface area contributed by atoms with Crippen molar-refractivity contribution in [2.24, 2.45) is 4.99 Å². The van der Waals surface area contributed by atoms with E-state index in [2.05, 4.69) is 11.9 Å². The van der Waals surface area contributed by atoms with E-state index >= 15 is 0 Å². The number of allylic oxidation sites excluding steroid dienone is 1. The van der Waals surface area contributed by atoms with Crippen LogP contribution in [0.4, 0.5) is 0 Å². The van der Waals surface area contributed by atoms with E-state index < -0.39 is 12.0 Å². The predicted molar refractivity (Wildman–Crippen MR) is 147 cm³/mol. The van der Waals surface area contributed by atoms with E-state index in [1.807, 2.05) is 41.8 Å². The summed E-state index contributed by atoms with van der Waals surface area (Å²) in [6, 6.07) is 8.73. The fraction of sp³-hybridized carbons (Fsp3) is 0.393. The summed E-state index contributed by atoms with van der Waals surface area (Å²) in [5, 5.41) is 1.97. The third kappa shape index (κ3) is 5.88. The summed E-state index contributed by atoms with van der Waals surface area (Å²) in [6.45, 7) is 8.11. The Morgan fingerprint density at radius 2 is 2.03 bits per heavy atom. The van der Waals surface area contributed by atoms with Crippen LogP contribution in [-0.2, 0) is 9.53 Å². The van der Waals surface area contributed by atoms with Crippen LogP contribution in [0.15, 0.2) is 56.8 Å². The molecule has 4 rings (SSSR count). The van der Waals surface area contributed by atoms with Gasteiger partial charge in [-0.25, -0.2) is 9.79 Å². The smallest absolute Gasteiger partial charge is 0.338 e. The first-order valence-corrected chi connectivity index (χ1v) is 14.1. The molecule has 7 nitrogen and oxygen atoms in total. The van der Waals surface area contributed by atoms with Gasteiger partial charge in [0.05, 0.1) is 41.7 Å². The lowest BCUT2D eigenvalue weighted by molar-refractivity contribution is -0.143. The monoisotopic (exact) mass is 540 g/mol. The molecule has 1 aromatic carbocycles. The van der Waals surface area contributed by atoms with E-state index in [-0.39, 0.29) is 11.7 Å². The van der Waals surface area contributed by atoms with Gasteiger partial charge in [-0.3, -0.25) is 9.36 Å².